The lowest BCUT2D eigenvalue weighted by atomic mass is 10.0. The first-order chi connectivity index (χ1) is 11.8. The highest BCUT2D eigenvalue weighted by molar-refractivity contribution is 5.93. The molecule has 0 spiro atoms. The van der Waals surface area contributed by atoms with Crippen LogP contribution in [0.15, 0.2) is 5.11 Å². The molecule has 140 valence electrons. The second-order valence-corrected chi connectivity index (χ2v) is 5.00. The summed E-state index contributed by atoms with van der Waals surface area (Å²) in [6, 6.07) is -2.71. The Hall–Kier alpha value is -2.69. The zero-order chi connectivity index (χ0) is 19.2. The lowest BCUT2D eigenvalue weighted by Crippen LogP contribution is -2.45. The maximum Gasteiger partial charge on any atom is 0.321 e. The van der Waals surface area contributed by atoms with Crippen LogP contribution in [0.4, 0.5) is 0 Å². The van der Waals surface area contributed by atoms with Gasteiger partial charge in [-0.3, -0.25) is 19.2 Å². The van der Waals surface area contributed by atoms with Crippen LogP contribution < -0.4 is 11.1 Å². The van der Waals surface area contributed by atoms with Gasteiger partial charge in [-0.2, -0.15) is 0 Å². The number of hydrogen-bond donors (Lipinski definition) is 4. The molecule has 0 aliphatic rings. The van der Waals surface area contributed by atoms with Crippen LogP contribution in [-0.2, 0) is 23.9 Å². The summed E-state index contributed by atoms with van der Waals surface area (Å²) in [6.45, 7) is 0.552. The van der Waals surface area contributed by atoms with Crippen molar-refractivity contribution >= 4 is 23.6 Å². The number of Topliss-reactive ketones (excluding diaryl/α,β-unsaturated/α-hetero) is 1. The number of carboxylic acid groups (broad SMARTS) is 2. The molecule has 0 heterocycles. The number of aliphatic carboxylic acids is 2. The van der Waals surface area contributed by atoms with Crippen molar-refractivity contribution in [3.63, 3.8) is 0 Å². The molecule has 0 aromatic heterocycles. The molecule has 0 aliphatic heterocycles. The highest BCUT2D eigenvalue weighted by Crippen LogP contribution is 2.03. The summed E-state index contributed by atoms with van der Waals surface area (Å²) in [5, 5.41) is 22.9. The van der Waals surface area contributed by atoms with Gasteiger partial charge in [0.15, 0.2) is 5.78 Å². The third kappa shape index (κ3) is 11.5. The maximum atomic E-state index is 12.0. The second kappa shape index (κ2) is 12.7. The summed E-state index contributed by atoms with van der Waals surface area (Å²) < 4.78 is 5.10. The number of ketones is 1. The third-order valence-corrected chi connectivity index (χ3v) is 2.94. The molecule has 25 heavy (non-hydrogen) atoms. The van der Waals surface area contributed by atoms with E-state index < -0.39 is 48.6 Å². The molecule has 0 bridgehead atoms. The number of hydrogen-bond acceptors (Lipinski definition) is 7. The van der Waals surface area contributed by atoms with Gasteiger partial charge >= 0.3 is 11.9 Å². The molecule has 0 saturated heterocycles. The Morgan fingerprint density at radius 3 is 2.44 bits per heavy atom. The van der Waals surface area contributed by atoms with Crippen molar-refractivity contribution in [1.82, 2.24) is 5.32 Å². The topological polar surface area (TPSA) is 205 Å². The Morgan fingerprint density at radius 2 is 1.88 bits per heavy atom. The quantitative estimate of drug-likeness (QED) is 0.136. The third-order valence-electron chi connectivity index (χ3n) is 2.94. The van der Waals surface area contributed by atoms with Crippen molar-refractivity contribution in [2.75, 3.05) is 19.8 Å². The average molecular weight is 359 g/mol. The van der Waals surface area contributed by atoms with Crippen LogP contribution in [0, 0.1) is 0 Å². The molecule has 12 nitrogen and oxygen atoms in total. The lowest BCUT2D eigenvalue weighted by molar-refractivity contribution is -0.142. The van der Waals surface area contributed by atoms with Crippen molar-refractivity contribution < 1.29 is 34.1 Å². The van der Waals surface area contributed by atoms with Gasteiger partial charge in [0.1, 0.15) is 6.04 Å². The predicted octanol–water partition coefficient (Wildman–Crippen LogP) is -0.576. The first-order valence-corrected chi connectivity index (χ1v) is 7.38. The molecular weight excluding hydrogens is 338 g/mol. The van der Waals surface area contributed by atoms with Gasteiger partial charge in [-0.05, 0) is 12.0 Å². The summed E-state index contributed by atoms with van der Waals surface area (Å²) in [6.07, 6.45) is -0.938. The second-order valence-electron chi connectivity index (χ2n) is 5.00. The molecule has 0 rings (SSSR count). The molecule has 0 radical (unpaired) electrons. The van der Waals surface area contributed by atoms with Gasteiger partial charge in [-0.15, -0.1) is 0 Å². The van der Waals surface area contributed by atoms with Gasteiger partial charge in [0, 0.05) is 24.5 Å². The highest BCUT2D eigenvalue weighted by Gasteiger charge is 2.25. The summed E-state index contributed by atoms with van der Waals surface area (Å²) >= 11 is 0. The number of azide groups is 1. The number of amides is 1. The van der Waals surface area contributed by atoms with E-state index in [0.29, 0.717) is 0 Å². The minimum Gasteiger partial charge on any atom is -0.481 e. The number of carbonyl (C=O) groups excluding carboxylic acids is 2. The SMILES string of the molecule is [N-]=[N+]=NCCOCCCC(=O)C(CC(=O)O)NC(=O)CC(N)C(=O)O. The molecule has 0 fully saturated rings. The van der Waals surface area contributed by atoms with Gasteiger partial charge in [-0.25, -0.2) is 0 Å². The number of rotatable bonds is 14. The van der Waals surface area contributed by atoms with Crippen molar-refractivity contribution in [3.05, 3.63) is 10.4 Å². The van der Waals surface area contributed by atoms with Crippen LogP contribution in [-0.4, -0.2) is 65.7 Å². The number of nitrogens with one attached hydrogen (secondary N) is 1. The van der Waals surface area contributed by atoms with Crippen molar-refractivity contribution in [2.24, 2.45) is 10.8 Å². The number of nitrogens with two attached hydrogens (primary N) is 1. The molecule has 5 N–H and O–H groups in total. The first kappa shape index (κ1) is 22.3. The number of ether oxygens (including phenoxy) is 1. The summed E-state index contributed by atoms with van der Waals surface area (Å²) in [4.78, 5) is 47.6. The van der Waals surface area contributed by atoms with Crippen LogP contribution in [0.5, 0.6) is 0 Å². The van der Waals surface area contributed by atoms with Gasteiger partial charge in [-0.1, -0.05) is 5.11 Å². The zero-order valence-corrected chi connectivity index (χ0v) is 13.5. The standard InChI is InChI=1S/C13H21N5O7/c14-8(13(23)24)6-11(20)17-9(7-12(21)22)10(19)2-1-4-25-5-3-16-18-15/h8-9H,1-7,14H2,(H,17,20)(H,21,22)(H,23,24). The monoisotopic (exact) mass is 359 g/mol. The van der Waals surface area contributed by atoms with Crippen molar-refractivity contribution in [1.29, 1.82) is 0 Å². The summed E-state index contributed by atoms with van der Waals surface area (Å²) in [5.41, 5.74) is 13.3. The normalized spacial score (nSPS) is 12.5. The number of carbonyl (C=O) groups is 4. The average Bonchev–Trinajstić information content (AvgIpc) is 2.52. The zero-order valence-electron chi connectivity index (χ0n) is 13.5. The van der Waals surface area contributed by atoms with E-state index in [4.69, 9.17) is 26.2 Å². The molecule has 2 atom stereocenters. The van der Waals surface area contributed by atoms with Crippen molar-refractivity contribution in [2.45, 2.75) is 37.8 Å². The van der Waals surface area contributed by atoms with Crippen LogP contribution in [0.25, 0.3) is 10.4 Å². The van der Waals surface area contributed by atoms with E-state index in [1.165, 1.54) is 0 Å². The smallest absolute Gasteiger partial charge is 0.321 e. The minimum absolute atomic E-state index is 0.0370. The summed E-state index contributed by atoms with van der Waals surface area (Å²) in [7, 11) is 0. The molecule has 12 heteroatoms. The maximum absolute atomic E-state index is 12.0. The Balaban J connectivity index is 4.37. The Kier molecular flexibility index (Phi) is 11.3. The minimum atomic E-state index is -1.44. The van der Waals surface area contributed by atoms with Crippen molar-refractivity contribution in [3.8, 4) is 0 Å². The Morgan fingerprint density at radius 1 is 1.20 bits per heavy atom. The molecule has 0 saturated carbocycles. The lowest BCUT2D eigenvalue weighted by Gasteiger charge is -2.16. The predicted molar refractivity (Wildman–Crippen MR) is 83.5 cm³/mol. The van der Waals surface area contributed by atoms with E-state index in [0.717, 1.165) is 0 Å². The number of carboxylic acids is 2. The highest BCUT2D eigenvalue weighted by atomic mass is 16.5. The van der Waals surface area contributed by atoms with E-state index in [9.17, 15) is 19.2 Å². The summed E-state index contributed by atoms with van der Waals surface area (Å²) in [5.74, 6) is -4.00. The van der Waals surface area contributed by atoms with Crippen LogP contribution in [0.2, 0.25) is 0 Å². The van der Waals surface area contributed by atoms with Gasteiger partial charge < -0.3 is 26.0 Å². The van der Waals surface area contributed by atoms with Crippen LogP contribution >= 0.6 is 0 Å². The Bertz CT molecular complexity index is 533. The van der Waals surface area contributed by atoms with E-state index >= 15 is 0 Å². The molecule has 2 unspecified atom stereocenters. The molecular formula is C13H21N5O7. The van der Waals surface area contributed by atoms with E-state index in [1.807, 2.05) is 0 Å². The van der Waals surface area contributed by atoms with E-state index in [-0.39, 0.29) is 32.6 Å². The fraction of sp³-hybridized carbons (Fsp3) is 0.692. The van der Waals surface area contributed by atoms with E-state index in [2.05, 4.69) is 15.3 Å². The number of nitrogens with zero attached hydrogens (tertiary/aromatic N) is 3. The van der Waals surface area contributed by atoms with Gasteiger partial charge in [0.05, 0.1) is 25.5 Å². The largest absolute Gasteiger partial charge is 0.481 e. The molecule has 1 amide bonds. The van der Waals surface area contributed by atoms with Gasteiger partial charge in [0.25, 0.3) is 0 Å². The molecule has 0 aromatic carbocycles. The first-order valence-electron chi connectivity index (χ1n) is 7.38. The molecule has 0 aromatic rings. The molecule has 0 aliphatic carbocycles. The van der Waals surface area contributed by atoms with Crippen LogP contribution in [0.1, 0.15) is 25.7 Å². The van der Waals surface area contributed by atoms with Crippen LogP contribution in [0.3, 0.4) is 0 Å². The Labute approximate surface area is 142 Å². The fourth-order valence-corrected chi connectivity index (χ4v) is 1.74. The van der Waals surface area contributed by atoms with E-state index in [1.54, 1.807) is 0 Å². The van der Waals surface area contributed by atoms with Gasteiger partial charge in [0.2, 0.25) is 5.91 Å². The fourth-order valence-electron chi connectivity index (χ4n) is 1.74.